The third-order valence-electron chi connectivity index (χ3n) is 3.83. The van der Waals surface area contributed by atoms with Crippen molar-refractivity contribution in [2.45, 2.75) is 31.9 Å². The molecule has 0 spiro atoms. The molecule has 1 aromatic rings. The summed E-state index contributed by atoms with van der Waals surface area (Å²) >= 11 is 0. The van der Waals surface area contributed by atoms with E-state index in [2.05, 4.69) is 29.2 Å². The standard InChI is InChI=1S/C15H24N2O/c16-9-4-7-14-8-10-17(12-15(14)18)11-13-5-2-1-3-6-13/h1-3,5-6,14-15,18H,4,7-12,16H2. The Hall–Kier alpha value is -0.900. The van der Waals surface area contributed by atoms with Gasteiger partial charge < -0.3 is 10.8 Å². The van der Waals surface area contributed by atoms with Gasteiger partial charge >= 0.3 is 0 Å². The van der Waals surface area contributed by atoms with E-state index in [0.29, 0.717) is 5.92 Å². The number of nitrogens with zero attached hydrogens (tertiary/aromatic N) is 1. The molecule has 3 heteroatoms. The van der Waals surface area contributed by atoms with Gasteiger partial charge in [0.2, 0.25) is 0 Å². The third kappa shape index (κ3) is 3.80. The van der Waals surface area contributed by atoms with Crippen molar-refractivity contribution in [2.24, 2.45) is 11.7 Å². The van der Waals surface area contributed by atoms with Crippen molar-refractivity contribution in [2.75, 3.05) is 19.6 Å². The lowest BCUT2D eigenvalue weighted by atomic mass is 9.89. The SMILES string of the molecule is NCCCC1CCN(Cc2ccccc2)CC1O. The van der Waals surface area contributed by atoms with Crippen LogP contribution in [0.1, 0.15) is 24.8 Å². The molecule has 2 rings (SSSR count). The van der Waals surface area contributed by atoms with Crippen LogP contribution in [0.2, 0.25) is 0 Å². The van der Waals surface area contributed by atoms with Crippen LogP contribution in [0.4, 0.5) is 0 Å². The van der Waals surface area contributed by atoms with Gasteiger partial charge in [0.05, 0.1) is 6.10 Å². The Bertz CT molecular complexity index is 342. The zero-order valence-corrected chi connectivity index (χ0v) is 11.0. The maximum absolute atomic E-state index is 10.2. The molecule has 0 saturated carbocycles. The van der Waals surface area contributed by atoms with Gasteiger partial charge in [-0.3, -0.25) is 4.90 Å². The predicted octanol–water partition coefficient (Wildman–Crippen LogP) is 1.61. The van der Waals surface area contributed by atoms with E-state index in [9.17, 15) is 5.11 Å². The molecule has 1 fully saturated rings. The summed E-state index contributed by atoms with van der Waals surface area (Å²) < 4.78 is 0. The second-order valence-corrected chi connectivity index (χ2v) is 5.27. The molecule has 3 N–H and O–H groups in total. The molecule has 1 aromatic carbocycles. The first-order valence-corrected chi connectivity index (χ1v) is 6.94. The van der Waals surface area contributed by atoms with Crippen molar-refractivity contribution >= 4 is 0 Å². The number of likely N-dealkylation sites (tertiary alicyclic amines) is 1. The molecule has 0 aromatic heterocycles. The van der Waals surface area contributed by atoms with Crippen LogP contribution in [0.15, 0.2) is 30.3 Å². The Morgan fingerprint density at radius 2 is 2.06 bits per heavy atom. The van der Waals surface area contributed by atoms with E-state index < -0.39 is 0 Å². The Labute approximate surface area is 110 Å². The first-order valence-electron chi connectivity index (χ1n) is 6.94. The molecular formula is C15H24N2O. The van der Waals surface area contributed by atoms with E-state index >= 15 is 0 Å². The largest absolute Gasteiger partial charge is 0.392 e. The molecule has 18 heavy (non-hydrogen) atoms. The highest BCUT2D eigenvalue weighted by atomic mass is 16.3. The summed E-state index contributed by atoms with van der Waals surface area (Å²) in [5.41, 5.74) is 6.85. The van der Waals surface area contributed by atoms with Crippen LogP contribution in [0.5, 0.6) is 0 Å². The van der Waals surface area contributed by atoms with E-state index in [4.69, 9.17) is 5.73 Å². The number of benzene rings is 1. The van der Waals surface area contributed by atoms with Crippen LogP contribution in [0, 0.1) is 5.92 Å². The summed E-state index contributed by atoms with van der Waals surface area (Å²) in [6, 6.07) is 10.5. The number of piperidine rings is 1. The van der Waals surface area contributed by atoms with Crippen LogP contribution in [0.3, 0.4) is 0 Å². The molecule has 100 valence electrons. The van der Waals surface area contributed by atoms with Gasteiger partial charge in [0.1, 0.15) is 0 Å². The third-order valence-corrected chi connectivity index (χ3v) is 3.83. The van der Waals surface area contributed by atoms with Gasteiger partial charge in [-0.1, -0.05) is 30.3 Å². The van der Waals surface area contributed by atoms with Crippen LogP contribution in [-0.4, -0.2) is 35.7 Å². The second kappa shape index (κ2) is 6.88. The van der Waals surface area contributed by atoms with Gasteiger partial charge in [-0.05, 0) is 43.8 Å². The van der Waals surface area contributed by atoms with E-state index in [-0.39, 0.29) is 6.10 Å². The van der Waals surface area contributed by atoms with Gasteiger partial charge in [0.15, 0.2) is 0 Å². The lowest BCUT2D eigenvalue weighted by molar-refractivity contribution is 0.0148. The molecule has 0 bridgehead atoms. The van der Waals surface area contributed by atoms with Crippen molar-refractivity contribution in [1.29, 1.82) is 0 Å². The number of rotatable bonds is 5. The second-order valence-electron chi connectivity index (χ2n) is 5.27. The topological polar surface area (TPSA) is 49.5 Å². The average molecular weight is 248 g/mol. The maximum Gasteiger partial charge on any atom is 0.0695 e. The Kier molecular flexibility index (Phi) is 5.17. The number of aliphatic hydroxyl groups excluding tert-OH is 1. The number of nitrogens with two attached hydrogens (primary N) is 1. The summed E-state index contributed by atoms with van der Waals surface area (Å²) in [6.45, 7) is 3.56. The highest BCUT2D eigenvalue weighted by molar-refractivity contribution is 5.14. The Morgan fingerprint density at radius 1 is 1.28 bits per heavy atom. The normalized spacial score (nSPS) is 25.2. The Balaban J connectivity index is 1.81. The molecular weight excluding hydrogens is 224 g/mol. The highest BCUT2D eigenvalue weighted by Gasteiger charge is 2.26. The highest BCUT2D eigenvalue weighted by Crippen LogP contribution is 2.23. The van der Waals surface area contributed by atoms with Gasteiger partial charge in [-0.25, -0.2) is 0 Å². The number of β-amino-alcohol motifs (C(OH)–C–C–N with tert-alkyl or cyclic N) is 1. The molecule has 1 aliphatic rings. The van der Waals surface area contributed by atoms with Crippen LogP contribution >= 0.6 is 0 Å². The fourth-order valence-electron chi connectivity index (χ4n) is 2.75. The molecule has 0 radical (unpaired) electrons. The smallest absolute Gasteiger partial charge is 0.0695 e. The number of hydrogen-bond donors (Lipinski definition) is 2. The zero-order chi connectivity index (χ0) is 12.8. The molecule has 2 atom stereocenters. The lowest BCUT2D eigenvalue weighted by Crippen LogP contribution is -2.43. The van der Waals surface area contributed by atoms with Gasteiger partial charge in [0.25, 0.3) is 0 Å². The number of aliphatic hydroxyl groups is 1. The summed E-state index contributed by atoms with van der Waals surface area (Å²) in [5.74, 6) is 0.445. The Morgan fingerprint density at radius 3 is 2.72 bits per heavy atom. The first-order chi connectivity index (χ1) is 8.79. The fourth-order valence-corrected chi connectivity index (χ4v) is 2.75. The summed E-state index contributed by atoms with van der Waals surface area (Å²) in [4.78, 5) is 2.35. The van der Waals surface area contributed by atoms with Crippen LogP contribution < -0.4 is 5.73 Å². The quantitative estimate of drug-likeness (QED) is 0.832. The van der Waals surface area contributed by atoms with Gasteiger partial charge in [0, 0.05) is 13.1 Å². The molecule has 3 nitrogen and oxygen atoms in total. The molecule has 2 unspecified atom stereocenters. The predicted molar refractivity (Wildman–Crippen MR) is 74.1 cm³/mol. The summed E-state index contributed by atoms with van der Waals surface area (Å²) in [6.07, 6.45) is 3.00. The molecule has 0 aliphatic carbocycles. The van der Waals surface area contributed by atoms with Crippen molar-refractivity contribution in [3.63, 3.8) is 0 Å². The van der Waals surface area contributed by atoms with Crippen molar-refractivity contribution < 1.29 is 5.11 Å². The fraction of sp³-hybridized carbons (Fsp3) is 0.600. The minimum Gasteiger partial charge on any atom is -0.392 e. The van der Waals surface area contributed by atoms with Gasteiger partial charge in [-0.15, -0.1) is 0 Å². The van der Waals surface area contributed by atoms with E-state index in [0.717, 1.165) is 45.4 Å². The van der Waals surface area contributed by atoms with Crippen molar-refractivity contribution in [1.82, 2.24) is 4.90 Å². The molecule has 1 saturated heterocycles. The molecule has 1 heterocycles. The van der Waals surface area contributed by atoms with E-state index in [1.165, 1.54) is 5.56 Å². The lowest BCUT2D eigenvalue weighted by Gasteiger charge is -2.36. The van der Waals surface area contributed by atoms with Gasteiger partial charge in [-0.2, -0.15) is 0 Å². The summed E-state index contributed by atoms with van der Waals surface area (Å²) in [5, 5.41) is 10.2. The summed E-state index contributed by atoms with van der Waals surface area (Å²) in [7, 11) is 0. The minimum absolute atomic E-state index is 0.186. The monoisotopic (exact) mass is 248 g/mol. The average Bonchev–Trinajstić information content (AvgIpc) is 2.39. The first kappa shape index (κ1) is 13.5. The zero-order valence-electron chi connectivity index (χ0n) is 11.0. The molecule has 0 amide bonds. The van der Waals surface area contributed by atoms with E-state index in [1.807, 2.05) is 6.07 Å². The molecule has 1 aliphatic heterocycles. The minimum atomic E-state index is -0.186. The maximum atomic E-state index is 10.2. The van der Waals surface area contributed by atoms with Crippen molar-refractivity contribution in [3.05, 3.63) is 35.9 Å². The van der Waals surface area contributed by atoms with Crippen LogP contribution in [-0.2, 0) is 6.54 Å². The van der Waals surface area contributed by atoms with E-state index in [1.54, 1.807) is 0 Å². The van der Waals surface area contributed by atoms with Crippen LogP contribution in [0.25, 0.3) is 0 Å². The number of hydrogen-bond acceptors (Lipinski definition) is 3. The van der Waals surface area contributed by atoms with Crippen molar-refractivity contribution in [3.8, 4) is 0 Å².